The molecule has 0 radical (unpaired) electrons. The molecule has 6 nitrogen and oxygen atoms in total. The Morgan fingerprint density at radius 3 is 2.48 bits per heavy atom. The fraction of sp³-hybridized carbons (Fsp3) is 0.261. The molecule has 31 heavy (non-hydrogen) atoms. The molecule has 1 aliphatic heterocycles. The molecule has 0 atom stereocenters. The van der Waals surface area contributed by atoms with Crippen LogP contribution in [0.4, 0.5) is 5.69 Å². The summed E-state index contributed by atoms with van der Waals surface area (Å²) in [4.78, 5) is 27.2. The van der Waals surface area contributed by atoms with Crippen molar-refractivity contribution in [2.45, 2.75) is 27.7 Å². The highest BCUT2D eigenvalue weighted by atomic mass is 35.5. The number of hydrogen-bond donors (Lipinski definition) is 1. The van der Waals surface area contributed by atoms with E-state index in [0.717, 1.165) is 11.1 Å². The van der Waals surface area contributed by atoms with Crippen LogP contribution in [0.3, 0.4) is 0 Å². The monoisotopic (exact) mass is 458 g/mol. The number of amides is 2. The van der Waals surface area contributed by atoms with E-state index in [9.17, 15) is 9.59 Å². The van der Waals surface area contributed by atoms with Gasteiger partial charge in [0.2, 0.25) is 0 Å². The number of ether oxygens (including phenoxy) is 2. The Hall–Kier alpha value is -2.90. The lowest BCUT2D eigenvalue weighted by molar-refractivity contribution is -0.122. The number of benzene rings is 2. The lowest BCUT2D eigenvalue weighted by Crippen LogP contribution is -2.54. The van der Waals surface area contributed by atoms with Crippen molar-refractivity contribution in [1.82, 2.24) is 5.32 Å². The predicted octanol–water partition coefficient (Wildman–Crippen LogP) is 4.59. The molecule has 2 aromatic carbocycles. The van der Waals surface area contributed by atoms with Gasteiger partial charge in [0.15, 0.2) is 16.6 Å². The largest absolute Gasteiger partial charge is 0.490 e. The number of anilines is 1. The van der Waals surface area contributed by atoms with Crippen LogP contribution in [0.2, 0.25) is 5.02 Å². The molecule has 1 N–H and O–H groups in total. The minimum atomic E-state index is -0.570. The first-order chi connectivity index (χ1) is 14.8. The molecule has 1 fully saturated rings. The van der Waals surface area contributed by atoms with Gasteiger partial charge in [0, 0.05) is 0 Å². The molecular formula is C23H23ClN2O4S. The average molecular weight is 459 g/mol. The third kappa shape index (κ3) is 4.73. The van der Waals surface area contributed by atoms with Crippen molar-refractivity contribution in [1.29, 1.82) is 0 Å². The van der Waals surface area contributed by atoms with Gasteiger partial charge < -0.3 is 9.47 Å². The minimum absolute atomic E-state index is 0.0422. The van der Waals surface area contributed by atoms with Crippen molar-refractivity contribution in [3.05, 3.63) is 57.6 Å². The Morgan fingerprint density at radius 2 is 1.81 bits per heavy atom. The van der Waals surface area contributed by atoms with Crippen molar-refractivity contribution in [2.24, 2.45) is 0 Å². The Bertz CT molecular complexity index is 1100. The Morgan fingerprint density at radius 1 is 1.10 bits per heavy atom. The summed E-state index contributed by atoms with van der Waals surface area (Å²) in [7, 11) is 0. The van der Waals surface area contributed by atoms with Crippen molar-refractivity contribution in [2.75, 3.05) is 18.1 Å². The second-order valence-electron chi connectivity index (χ2n) is 6.94. The van der Waals surface area contributed by atoms with Crippen LogP contribution >= 0.6 is 23.8 Å². The summed E-state index contributed by atoms with van der Waals surface area (Å²) in [6.45, 7) is 8.32. The second-order valence-corrected chi connectivity index (χ2v) is 7.74. The van der Waals surface area contributed by atoms with Crippen LogP contribution in [0, 0.1) is 13.8 Å². The topological polar surface area (TPSA) is 67.9 Å². The molecule has 162 valence electrons. The van der Waals surface area contributed by atoms with Crippen LogP contribution in [0.25, 0.3) is 6.08 Å². The molecule has 8 heteroatoms. The number of aryl methyl sites for hydroxylation is 2. The van der Waals surface area contributed by atoms with Gasteiger partial charge in [0.25, 0.3) is 11.8 Å². The van der Waals surface area contributed by atoms with E-state index < -0.39 is 11.8 Å². The number of thiocarbonyl (C=S) groups is 1. The maximum Gasteiger partial charge on any atom is 0.270 e. The molecule has 0 unspecified atom stereocenters. The van der Waals surface area contributed by atoms with Crippen LogP contribution in [0.1, 0.15) is 30.5 Å². The van der Waals surface area contributed by atoms with Crippen LogP contribution < -0.4 is 19.7 Å². The van der Waals surface area contributed by atoms with E-state index >= 15 is 0 Å². The highest BCUT2D eigenvalue weighted by molar-refractivity contribution is 7.80. The van der Waals surface area contributed by atoms with E-state index in [0.29, 0.717) is 41.0 Å². The van der Waals surface area contributed by atoms with Gasteiger partial charge in [-0.3, -0.25) is 19.8 Å². The summed E-state index contributed by atoms with van der Waals surface area (Å²) in [6.07, 6.45) is 1.47. The van der Waals surface area contributed by atoms with Gasteiger partial charge in [-0.1, -0.05) is 23.7 Å². The zero-order valence-electron chi connectivity index (χ0n) is 17.7. The molecule has 1 saturated heterocycles. The summed E-state index contributed by atoms with van der Waals surface area (Å²) in [6, 6.07) is 9.01. The molecule has 0 saturated carbocycles. The van der Waals surface area contributed by atoms with Crippen molar-refractivity contribution in [3.8, 4) is 11.5 Å². The van der Waals surface area contributed by atoms with Gasteiger partial charge >= 0.3 is 0 Å². The van der Waals surface area contributed by atoms with Crippen molar-refractivity contribution >= 4 is 52.5 Å². The highest BCUT2D eigenvalue weighted by Crippen LogP contribution is 2.37. The van der Waals surface area contributed by atoms with Gasteiger partial charge in [-0.05, 0) is 80.9 Å². The number of halogens is 1. The van der Waals surface area contributed by atoms with E-state index in [1.165, 1.54) is 11.0 Å². The maximum absolute atomic E-state index is 13.3. The number of nitrogens with one attached hydrogen (secondary N) is 1. The van der Waals surface area contributed by atoms with Gasteiger partial charge in [-0.25, -0.2) is 0 Å². The summed E-state index contributed by atoms with van der Waals surface area (Å²) in [5, 5.41) is 2.97. The second kappa shape index (κ2) is 9.49. The molecule has 2 aromatic rings. The van der Waals surface area contributed by atoms with E-state index in [4.69, 9.17) is 33.3 Å². The Labute approximate surface area is 191 Å². The Kier molecular flexibility index (Phi) is 6.97. The minimum Gasteiger partial charge on any atom is -0.490 e. The van der Waals surface area contributed by atoms with Crippen molar-refractivity contribution in [3.63, 3.8) is 0 Å². The molecule has 3 rings (SSSR count). The first kappa shape index (κ1) is 22.8. The highest BCUT2D eigenvalue weighted by Gasteiger charge is 2.35. The molecule has 0 spiro atoms. The number of hydrogen-bond acceptors (Lipinski definition) is 5. The Balaban J connectivity index is 2.07. The smallest absolute Gasteiger partial charge is 0.270 e. The van der Waals surface area contributed by atoms with Crippen LogP contribution in [-0.2, 0) is 9.59 Å². The van der Waals surface area contributed by atoms with E-state index in [1.807, 2.05) is 45.9 Å². The van der Waals surface area contributed by atoms with Gasteiger partial charge in [0.1, 0.15) is 5.57 Å². The zero-order valence-corrected chi connectivity index (χ0v) is 19.3. The number of nitrogens with zero attached hydrogens (tertiary/aromatic N) is 1. The molecule has 1 heterocycles. The average Bonchev–Trinajstić information content (AvgIpc) is 2.70. The lowest BCUT2D eigenvalue weighted by Gasteiger charge is -2.30. The van der Waals surface area contributed by atoms with Crippen LogP contribution in [0.5, 0.6) is 11.5 Å². The predicted molar refractivity (Wildman–Crippen MR) is 126 cm³/mol. The fourth-order valence-corrected chi connectivity index (χ4v) is 3.77. The summed E-state index contributed by atoms with van der Waals surface area (Å²) >= 11 is 11.7. The molecule has 0 aliphatic carbocycles. The summed E-state index contributed by atoms with van der Waals surface area (Å²) in [5.41, 5.74) is 2.93. The number of carbonyl (C=O) groups excluding carboxylic acids is 2. The standard InChI is InChI=1S/C23H23ClN2O4S/c1-5-29-19-12-15(11-17(24)20(19)30-6-2)10-16-21(27)25-23(31)26(22(16)28)18-9-13(3)7-8-14(18)4/h7-12H,5-6H2,1-4H3,(H,25,27,31)/b16-10+. The van der Waals surface area contributed by atoms with E-state index in [-0.39, 0.29) is 10.7 Å². The fourth-order valence-electron chi connectivity index (χ4n) is 3.22. The quantitative estimate of drug-likeness (QED) is 0.389. The number of rotatable bonds is 6. The van der Waals surface area contributed by atoms with Crippen molar-refractivity contribution < 1.29 is 19.1 Å². The van der Waals surface area contributed by atoms with Crippen LogP contribution in [-0.4, -0.2) is 30.1 Å². The molecular weight excluding hydrogens is 436 g/mol. The van der Waals surface area contributed by atoms with Gasteiger partial charge in [0.05, 0.1) is 23.9 Å². The van der Waals surface area contributed by atoms with E-state index in [2.05, 4.69) is 5.32 Å². The molecule has 0 bridgehead atoms. The third-order valence-electron chi connectivity index (χ3n) is 4.64. The van der Waals surface area contributed by atoms with E-state index in [1.54, 1.807) is 12.1 Å². The van der Waals surface area contributed by atoms with Crippen LogP contribution in [0.15, 0.2) is 35.9 Å². The molecule has 0 aromatic heterocycles. The normalized spacial score (nSPS) is 15.3. The maximum atomic E-state index is 13.3. The first-order valence-corrected chi connectivity index (χ1v) is 10.6. The van der Waals surface area contributed by atoms with Gasteiger partial charge in [-0.2, -0.15) is 0 Å². The van der Waals surface area contributed by atoms with Gasteiger partial charge in [-0.15, -0.1) is 0 Å². The third-order valence-corrected chi connectivity index (χ3v) is 5.20. The summed E-state index contributed by atoms with van der Waals surface area (Å²) in [5.74, 6) is -0.218. The molecule has 1 aliphatic rings. The zero-order chi connectivity index (χ0) is 22.7. The molecule has 2 amide bonds. The SMILES string of the molecule is CCOc1cc(/C=C2\C(=O)NC(=S)N(c3cc(C)ccc3C)C2=O)cc(Cl)c1OCC. The first-order valence-electron chi connectivity index (χ1n) is 9.84. The number of carbonyl (C=O) groups is 2. The lowest BCUT2D eigenvalue weighted by atomic mass is 10.0. The summed E-state index contributed by atoms with van der Waals surface area (Å²) < 4.78 is 11.2.